The van der Waals surface area contributed by atoms with Crippen molar-refractivity contribution < 1.29 is 24.2 Å². The minimum Gasteiger partial charge on any atom is -0.477 e. The highest BCUT2D eigenvalue weighted by atomic mass is 32.1. The summed E-state index contributed by atoms with van der Waals surface area (Å²) >= 11 is 0.790. The fraction of sp³-hybridized carbons (Fsp3) is 0.286. The van der Waals surface area contributed by atoms with Crippen molar-refractivity contribution in [3.63, 3.8) is 0 Å². The zero-order chi connectivity index (χ0) is 10.6. The van der Waals surface area contributed by atoms with Crippen molar-refractivity contribution in [1.29, 1.82) is 0 Å². The first-order valence-corrected chi connectivity index (χ1v) is 4.30. The fourth-order valence-corrected chi connectivity index (χ4v) is 1.14. The largest absolute Gasteiger partial charge is 0.477 e. The van der Waals surface area contributed by atoms with Crippen molar-refractivity contribution in [3.8, 4) is 5.88 Å². The molecule has 7 heteroatoms. The van der Waals surface area contributed by atoms with Crippen molar-refractivity contribution in [1.82, 2.24) is 4.37 Å². The maximum Gasteiger partial charge on any atom is 0.347 e. The quantitative estimate of drug-likeness (QED) is 0.734. The minimum atomic E-state index is -1.07. The first-order valence-electron chi connectivity index (χ1n) is 3.53. The van der Waals surface area contributed by atoms with Gasteiger partial charge in [-0.25, -0.2) is 9.59 Å². The van der Waals surface area contributed by atoms with Gasteiger partial charge in [-0.2, -0.15) is 4.37 Å². The summed E-state index contributed by atoms with van der Waals surface area (Å²) < 4.78 is 12.8. The SMILES string of the molecule is COC(=O)COc1cc(C(=O)O)sn1. The topological polar surface area (TPSA) is 85.7 Å². The molecule has 14 heavy (non-hydrogen) atoms. The molecule has 0 saturated carbocycles. The highest BCUT2D eigenvalue weighted by molar-refractivity contribution is 7.08. The Kier molecular flexibility index (Phi) is 3.41. The van der Waals surface area contributed by atoms with E-state index in [1.807, 2.05) is 0 Å². The van der Waals surface area contributed by atoms with Crippen LogP contribution in [0.4, 0.5) is 0 Å². The molecule has 0 aliphatic carbocycles. The van der Waals surface area contributed by atoms with Gasteiger partial charge >= 0.3 is 11.9 Å². The molecule has 0 aromatic carbocycles. The second-order valence-electron chi connectivity index (χ2n) is 2.20. The molecule has 0 saturated heterocycles. The fourth-order valence-electron chi connectivity index (χ4n) is 0.620. The van der Waals surface area contributed by atoms with Crippen molar-refractivity contribution in [2.45, 2.75) is 0 Å². The van der Waals surface area contributed by atoms with Gasteiger partial charge in [0.2, 0.25) is 5.88 Å². The average Bonchev–Trinajstić information content (AvgIpc) is 2.62. The van der Waals surface area contributed by atoms with E-state index in [9.17, 15) is 9.59 Å². The summed E-state index contributed by atoms with van der Waals surface area (Å²) in [6.07, 6.45) is 0. The van der Waals surface area contributed by atoms with Crippen molar-refractivity contribution in [3.05, 3.63) is 10.9 Å². The summed E-state index contributed by atoms with van der Waals surface area (Å²) in [6.45, 7) is -0.278. The van der Waals surface area contributed by atoms with Crippen molar-refractivity contribution in [2.75, 3.05) is 13.7 Å². The Morgan fingerprint density at radius 2 is 2.36 bits per heavy atom. The average molecular weight is 217 g/mol. The van der Waals surface area contributed by atoms with Gasteiger partial charge in [0.15, 0.2) is 6.61 Å². The maximum absolute atomic E-state index is 10.6. The lowest BCUT2D eigenvalue weighted by atomic mass is 10.5. The predicted octanol–water partition coefficient (Wildman–Crippen LogP) is 0.393. The summed E-state index contributed by atoms with van der Waals surface area (Å²) in [4.78, 5) is 21.1. The maximum atomic E-state index is 10.6. The Morgan fingerprint density at radius 3 is 2.86 bits per heavy atom. The summed E-state index contributed by atoms with van der Waals surface area (Å²) in [7, 11) is 1.23. The Labute approximate surface area is 83.2 Å². The number of methoxy groups -OCH3 is 1. The Bertz CT molecular complexity index is 348. The number of ether oxygens (including phenoxy) is 2. The molecule has 1 aromatic heterocycles. The Balaban J connectivity index is 2.52. The molecule has 0 spiro atoms. The van der Waals surface area contributed by atoms with Crippen LogP contribution >= 0.6 is 11.5 Å². The summed E-state index contributed by atoms with van der Waals surface area (Å²) in [5.74, 6) is -1.51. The third kappa shape index (κ3) is 2.70. The lowest BCUT2D eigenvalue weighted by Gasteiger charge is -1.98. The van der Waals surface area contributed by atoms with E-state index >= 15 is 0 Å². The summed E-state index contributed by atoms with van der Waals surface area (Å²) in [5.41, 5.74) is 0. The van der Waals surface area contributed by atoms with Crippen LogP contribution in [0.25, 0.3) is 0 Å². The van der Waals surface area contributed by atoms with Gasteiger partial charge in [-0.3, -0.25) is 0 Å². The number of hydrogen-bond donors (Lipinski definition) is 1. The molecule has 0 atom stereocenters. The second kappa shape index (κ2) is 4.56. The summed E-state index contributed by atoms with van der Waals surface area (Å²) in [5, 5.41) is 8.54. The van der Waals surface area contributed by atoms with E-state index in [1.54, 1.807) is 0 Å². The number of aromatic nitrogens is 1. The van der Waals surface area contributed by atoms with Crippen LogP contribution in [0.2, 0.25) is 0 Å². The van der Waals surface area contributed by atoms with E-state index in [2.05, 4.69) is 9.11 Å². The van der Waals surface area contributed by atoms with Crippen LogP contribution in [0, 0.1) is 0 Å². The van der Waals surface area contributed by atoms with Crippen LogP contribution in [0.5, 0.6) is 5.88 Å². The minimum absolute atomic E-state index is 0.0601. The van der Waals surface area contributed by atoms with E-state index in [1.165, 1.54) is 13.2 Å². The molecule has 0 radical (unpaired) electrons. The molecular formula is C7H7NO5S. The number of carbonyl (C=O) groups excluding carboxylic acids is 1. The molecule has 1 aromatic rings. The molecule has 1 rings (SSSR count). The molecule has 0 bridgehead atoms. The number of carboxylic acid groups (broad SMARTS) is 1. The Morgan fingerprint density at radius 1 is 1.64 bits per heavy atom. The smallest absolute Gasteiger partial charge is 0.347 e. The van der Waals surface area contributed by atoms with Gasteiger partial charge in [0.05, 0.1) is 7.11 Å². The molecule has 0 unspecified atom stereocenters. The second-order valence-corrected chi connectivity index (χ2v) is 3.00. The van der Waals surface area contributed by atoms with Gasteiger partial charge in [-0.05, 0) is 11.5 Å². The molecule has 6 nitrogen and oxygen atoms in total. The van der Waals surface area contributed by atoms with Crippen LogP contribution in [0.1, 0.15) is 9.67 Å². The molecule has 76 valence electrons. The molecule has 0 fully saturated rings. The van der Waals surface area contributed by atoms with Crippen LogP contribution in [-0.2, 0) is 9.53 Å². The number of carboxylic acids is 1. The number of esters is 1. The van der Waals surface area contributed by atoms with Gasteiger partial charge in [-0.1, -0.05) is 0 Å². The zero-order valence-corrected chi connectivity index (χ0v) is 8.04. The molecule has 0 aliphatic heterocycles. The number of rotatable bonds is 4. The van der Waals surface area contributed by atoms with Crippen LogP contribution in [0.3, 0.4) is 0 Å². The third-order valence-corrected chi connectivity index (χ3v) is 2.03. The molecular weight excluding hydrogens is 210 g/mol. The summed E-state index contributed by atoms with van der Waals surface area (Å²) in [6, 6.07) is 1.25. The number of hydrogen-bond acceptors (Lipinski definition) is 6. The third-order valence-electron chi connectivity index (χ3n) is 1.26. The number of carbonyl (C=O) groups is 2. The standard InChI is InChI=1S/C7H7NO5S/c1-12-6(9)3-13-5-2-4(7(10)11)14-8-5/h2H,3H2,1H3,(H,10,11). The van der Waals surface area contributed by atoms with Crippen LogP contribution in [-0.4, -0.2) is 35.1 Å². The normalized spacial score (nSPS) is 9.50. The highest BCUT2D eigenvalue weighted by Crippen LogP contribution is 2.16. The molecule has 1 heterocycles. The van der Waals surface area contributed by atoms with Crippen LogP contribution in [0.15, 0.2) is 6.07 Å². The lowest BCUT2D eigenvalue weighted by Crippen LogP contribution is -2.12. The van der Waals surface area contributed by atoms with Gasteiger partial charge in [-0.15, -0.1) is 0 Å². The molecule has 0 aliphatic rings. The van der Waals surface area contributed by atoms with Gasteiger partial charge in [0.25, 0.3) is 0 Å². The van der Waals surface area contributed by atoms with E-state index in [0.717, 1.165) is 11.5 Å². The van der Waals surface area contributed by atoms with Gasteiger partial charge in [0, 0.05) is 6.07 Å². The van der Waals surface area contributed by atoms with Crippen LogP contribution < -0.4 is 4.74 Å². The molecule has 1 N–H and O–H groups in total. The van der Waals surface area contributed by atoms with Crippen molar-refractivity contribution in [2.24, 2.45) is 0 Å². The van der Waals surface area contributed by atoms with Crippen molar-refractivity contribution >= 4 is 23.5 Å². The first kappa shape index (κ1) is 10.5. The lowest BCUT2D eigenvalue weighted by molar-refractivity contribution is -0.143. The Hall–Kier alpha value is -1.63. The molecule has 0 amide bonds. The zero-order valence-electron chi connectivity index (χ0n) is 7.22. The van der Waals surface area contributed by atoms with E-state index in [4.69, 9.17) is 9.84 Å². The monoisotopic (exact) mass is 217 g/mol. The van der Waals surface area contributed by atoms with Gasteiger partial charge < -0.3 is 14.6 Å². The van der Waals surface area contributed by atoms with E-state index in [0.29, 0.717) is 0 Å². The number of aromatic carboxylic acids is 1. The van der Waals surface area contributed by atoms with E-state index < -0.39 is 11.9 Å². The first-order chi connectivity index (χ1) is 6.63. The van der Waals surface area contributed by atoms with E-state index in [-0.39, 0.29) is 17.4 Å². The number of nitrogens with zero attached hydrogens (tertiary/aromatic N) is 1. The van der Waals surface area contributed by atoms with Gasteiger partial charge in [0.1, 0.15) is 4.88 Å². The predicted molar refractivity (Wildman–Crippen MR) is 46.6 cm³/mol. The highest BCUT2D eigenvalue weighted by Gasteiger charge is 2.10.